The predicted molar refractivity (Wildman–Crippen MR) is 101 cm³/mol. The fourth-order valence-corrected chi connectivity index (χ4v) is 3.87. The van der Waals surface area contributed by atoms with Crippen LogP contribution in [0.4, 0.5) is 0 Å². The van der Waals surface area contributed by atoms with E-state index in [4.69, 9.17) is 23.7 Å². The van der Waals surface area contributed by atoms with E-state index in [9.17, 15) is 9.59 Å². The lowest BCUT2D eigenvalue weighted by molar-refractivity contribution is -0.247. The maximum absolute atomic E-state index is 12.2. The quantitative estimate of drug-likeness (QED) is 0.231. The Morgan fingerprint density at radius 2 is 1.58 bits per heavy atom. The van der Waals surface area contributed by atoms with Gasteiger partial charge in [0, 0.05) is 31.4 Å². The zero-order valence-electron chi connectivity index (χ0n) is 15.1. The molecule has 26 heavy (non-hydrogen) atoms. The molecular formula is C17H20Br2O7. The maximum Gasteiger partial charge on any atom is 0.338 e. The van der Waals surface area contributed by atoms with Gasteiger partial charge in [-0.05, 0) is 45.7 Å². The van der Waals surface area contributed by atoms with E-state index < -0.39 is 22.2 Å². The summed E-state index contributed by atoms with van der Waals surface area (Å²) in [5.41, 5.74) is 0.336. The summed E-state index contributed by atoms with van der Waals surface area (Å²) in [6.07, 6.45) is 1.38. The van der Waals surface area contributed by atoms with Crippen molar-refractivity contribution in [3.05, 3.63) is 46.4 Å². The summed E-state index contributed by atoms with van der Waals surface area (Å²) in [4.78, 5) is 24.1. The number of carbonyl (C=O) groups is 2. The maximum atomic E-state index is 12.2. The molecule has 0 N–H and O–H groups in total. The van der Waals surface area contributed by atoms with Crippen LogP contribution in [-0.2, 0) is 33.3 Å². The average molecular weight is 496 g/mol. The molecule has 7 nitrogen and oxygen atoms in total. The van der Waals surface area contributed by atoms with Gasteiger partial charge in [-0.15, -0.1) is 0 Å². The molecule has 0 spiro atoms. The zero-order chi connectivity index (χ0) is 20.3. The molecule has 0 saturated heterocycles. The molecule has 1 aliphatic rings. The number of carbonyl (C=O) groups excluding carboxylic acids is 2. The Morgan fingerprint density at radius 1 is 1.04 bits per heavy atom. The number of hydrogen-bond acceptors (Lipinski definition) is 7. The van der Waals surface area contributed by atoms with Gasteiger partial charge in [-0.1, -0.05) is 13.2 Å². The van der Waals surface area contributed by atoms with Crippen molar-refractivity contribution in [1.29, 1.82) is 0 Å². The summed E-state index contributed by atoms with van der Waals surface area (Å²) in [6, 6.07) is 0. The number of rotatable bonds is 7. The van der Waals surface area contributed by atoms with Gasteiger partial charge in [-0.3, -0.25) is 0 Å². The minimum absolute atomic E-state index is 0.00849. The van der Waals surface area contributed by atoms with Crippen molar-refractivity contribution in [3.63, 3.8) is 0 Å². The molecule has 0 aromatic carbocycles. The van der Waals surface area contributed by atoms with Crippen LogP contribution in [0, 0.1) is 0 Å². The van der Waals surface area contributed by atoms with Crippen LogP contribution in [0.15, 0.2) is 46.4 Å². The SMILES string of the molecule is C=C(C)C(=O)OC1=C(OC)C(Br)(OC)C(OC)(OC(=O)C(=C)C)C(Br)=C1. The van der Waals surface area contributed by atoms with Crippen molar-refractivity contribution in [2.24, 2.45) is 0 Å². The average Bonchev–Trinajstić information content (AvgIpc) is 2.58. The highest BCUT2D eigenvalue weighted by Gasteiger charge is 2.64. The summed E-state index contributed by atoms with van der Waals surface area (Å²) in [6.45, 7) is 10.1. The summed E-state index contributed by atoms with van der Waals surface area (Å²) >= 11 is 6.68. The minimum Gasteiger partial charge on any atom is -0.493 e. The fraction of sp³-hybridized carbons (Fsp3) is 0.412. The van der Waals surface area contributed by atoms with E-state index in [0.29, 0.717) is 0 Å². The van der Waals surface area contributed by atoms with Crippen molar-refractivity contribution in [2.45, 2.75) is 24.1 Å². The van der Waals surface area contributed by atoms with Crippen LogP contribution in [0.1, 0.15) is 13.8 Å². The number of methoxy groups -OCH3 is 3. The van der Waals surface area contributed by atoms with Crippen molar-refractivity contribution in [3.8, 4) is 0 Å². The van der Waals surface area contributed by atoms with Gasteiger partial charge >= 0.3 is 11.9 Å². The van der Waals surface area contributed by atoms with Crippen molar-refractivity contribution in [1.82, 2.24) is 0 Å². The van der Waals surface area contributed by atoms with E-state index in [-0.39, 0.29) is 27.1 Å². The van der Waals surface area contributed by atoms with Gasteiger partial charge < -0.3 is 23.7 Å². The normalized spacial score (nSPS) is 25.3. The van der Waals surface area contributed by atoms with Gasteiger partial charge in [0.05, 0.1) is 11.6 Å². The number of ether oxygens (including phenoxy) is 5. The number of allylic oxidation sites excluding steroid dienone is 1. The Kier molecular flexibility index (Phi) is 7.41. The molecule has 9 heteroatoms. The third-order valence-corrected chi connectivity index (χ3v) is 5.38. The molecule has 0 saturated carbocycles. The van der Waals surface area contributed by atoms with Gasteiger partial charge in [0.25, 0.3) is 10.3 Å². The Morgan fingerprint density at radius 3 is 1.96 bits per heavy atom. The molecule has 1 aliphatic carbocycles. The smallest absolute Gasteiger partial charge is 0.338 e. The molecule has 2 atom stereocenters. The highest BCUT2D eigenvalue weighted by molar-refractivity contribution is 9.12. The lowest BCUT2D eigenvalue weighted by Crippen LogP contribution is -2.59. The van der Waals surface area contributed by atoms with Crippen molar-refractivity contribution in [2.75, 3.05) is 21.3 Å². The molecule has 2 unspecified atom stereocenters. The standard InChI is InChI=1S/C17H20Br2O7/c1-9(2)14(20)25-11-8-12(18)17(24-7,26-15(21)10(3)4)16(19,23-6)13(11)22-5/h8H,1,3H2,2,4-7H3. The Bertz CT molecular complexity index is 710. The second-order valence-corrected chi connectivity index (χ2v) is 7.32. The van der Waals surface area contributed by atoms with E-state index in [1.165, 1.54) is 41.3 Å². The molecule has 0 bridgehead atoms. The van der Waals surface area contributed by atoms with E-state index >= 15 is 0 Å². The van der Waals surface area contributed by atoms with Gasteiger partial charge in [-0.2, -0.15) is 0 Å². The first-order valence-corrected chi connectivity index (χ1v) is 8.81. The second-order valence-electron chi connectivity index (χ2n) is 5.35. The van der Waals surface area contributed by atoms with E-state index in [1.54, 1.807) is 0 Å². The Balaban J connectivity index is 3.60. The predicted octanol–water partition coefficient (Wildman–Crippen LogP) is 3.46. The third kappa shape index (κ3) is 3.80. The van der Waals surface area contributed by atoms with Crippen LogP contribution < -0.4 is 0 Å². The lowest BCUT2D eigenvalue weighted by Gasteiger charge is -2.45. The van der Waals surface area contributed by atoms with E-state index in [1.807, 2.05) is 0 Å². The molecule has 0 heterocycles. The van der Waals surface area contributed by atoms with Gasteiger partial charge in [0.2, 0.25) is 0 Å². The fourth-order valence-electron chi connectivity index (χ4n) is 2.06. The van der Waals surface area contributed by atoms with Crippen LogP contribution in [0.3, 0.4) is 0 Å². The van der Waals surface area contributed by atoms with Crippen LogP contribution >= 0.6 is 31.9 Å². The first-order chi connectivity index (χ1) is 12.0. The highest BCUT2D eigenvalue weighted by atomic mass is 79.9. The highest BCUT2D eigenvalue weighted by Crippen LogP contribution is 2.52. The topological polar surface area (TPSA) is 80.3 Å². The Labute approximate surface area is 168 Å². The van der Waals surface area contributed by atoms with Crippen LogP contribution in [0.5, 0.6) is 0 Å². The van der Waals surface area contributed by atoms with E-state index in [0.717, 1.165) is 0 Å². The molecule has 0 fully saturated rings. The largest absolute Gasteiger partial charge is 0.493 e. The summed E-state index contributed by atoms with van der Waals surface area (Å²) < 4.78 is 25.8. The summed E-state index contributed by atoms with van der Waals surface area (Å²) in [5, 5.41) is 0. The molecule has 0 aromatic rings. The number of halogens is 2. The molecule has 0 aromatic heterocycles. The van der Waals surface area contributed by atoms with Crippen molar-refractivity contribution < 1.29 is 33.3 Å². The third-order valence-electron chi connectivity index (χ3n) is 3.42. The molecular weight excluding hydrogens is 476 g/mol. The molecule has 0 amide bonds. The minimum atomic E-state index is -1.82. The van der Waals surface area contributed by atoms with Crippen LogP contribution in [0.2, 0.25) is 0 Å². The molecule has 0 radical (unpaired) electrons. The molecule has 144 valence electrons. The number of hydrogen-bond donors (Lipinski definition) is 0. The number of esters is 2. The lowest BCUT2D eigenvalue weighted by atomic mass is 9.99. The summed E-state index contributed by atoms with van der Waals surface area (Å²) in [5.74, 6) is -3.18. The monoisotopic (exact) mass is 494 g/mol. The van der Waals surface area contributed by atoms with Gasteiger partial charge in [0.15, 0.2) is 11.5 Å². The van der Waals surface area contributed by atoms with E-state index in [2.05, 4.69) is 45.0 Å². The molecule has 1 rings (SSSR count). The summed E-state index contributed by atoms with van der Waals surface area (Å²) in [7, 11) is 3.99. The van der Waals surface area contributed by atoms with Gasteiger partial charge in [-0.25, -0.2) is 9.59 Å². The van der Waals surface area contributed by atoms with Gasteiger partial charge in [0.1, 0.15) is 0 Å². The first-order valence-electron chi connectivity index (χ1n) is 7.22. The zero-order valence-corrected chi connectivity index (χ0v) is 18.3. The molecule has 0 aliphatic heterocycles. The number of alkyl halides is 1. The van der Waals surface area contributed by atoms with Crippen LogP contribution in [-0.4, -0.2) is 43.6 Å². The van der Waals surface area contributed by atoms with Crippen LogP contribution in [0.25, 0.3) is 0 Å². The second kappa shape index (κ2) is 8.51. The Hall–Kier alpha value is -1.42. The first kappa shape index (κ1) is 22.6. The van der Waals surface area contributed by atoms with Crippen molar-refractivity contribution >= 4 is 43.8 Å².